The average molecular weight is 221 g/mol. The third-order valence-corrected chi connectivity index (χ3v) is 5.67. The lowest BCUT2D eigenvalue weighted by atomic mass is 10.3. The Bertz CT molecular complexity index is 143. The summed E-state index contributed by atoms with van der Waals surface area (Å²) < 4.78 is 16.2. The molecule has 5 heteroatoms. The largest absolute Gasteiger partial charge is 0.503 e. The molecule has 14 heavy (non-hydrogen) atoms. The van der Waals surface area contributed by atoms with E-state index in [-0.39, 0.29) is 0 Å². The van der Waals surface area contributed by atoms with E-state index in [2.05, 4.69) is 25.9 Å². The standard InChI is InChI=1S/C9H23NO3Si/c1-9(7-8-10(2)3)14(11-4,12-5)13-6/h9H,7-8H2,1-6H3. The van der Waals surface area contributed by atoms with E-state index >= 15 is 0 Å². The Hall–Kier alpha value is 0.0569. The van der Waals surface area contributed by atoms with Crippen molar-refractivity contribution in [1.29, 1.82) is 0 Å². The van der Waals surface area contributed by atoms with Crippen molar-refractivity contribution in [3.63, 3.8) is 0 Å². The third kappa shape index (κ3) is 3.66. The van der Waals surface area contributed by atoms with Crippen LogP contribution in [0.5, 0.6) is 0 Å². The van der Waals surface area contributed by atoms with Crippen molar-refractivity contribution in [3.8, 4) is 0 Å². The van der Waals surface area contributed by atoms with Gasteiger partial charge in [0.15, 0.2) is 0 Å². The second-order valence-corrected chi connectivity index (χ2v) is 7.13. The molecular formula is C9H23NO3Si. The maximum atomic E-state index is 5.41. The molecule has 0 aromatic rings. The number of rotatable bonds is 7. The smallest absolute Gasteiger partial charge is 0.377 e. The highest BCUT2D eigenvalue weighted by atomic mass is 28.4. The fourth-order valence-electron chi connectivity index (χ4n) is 1.48. The highest BCUT2D eigenvalue weighted by Gasteiger charge is 2.44. The maximum Gasteiger partial charge on any atom is 0.503 e. The van der Waals surface area contributed by atoms with Gasteiger partial charge in [-0.3, -0.25) is 0 Å². The second kappa shape index (κ2) is 6.52. The molecule has 0 radical (unpaired) electrons. The molecular weight excluding hydrogens is 198 g/mol. The number of nitrogens with zero attached hydrogens (tertiary/aromatic N) is 1. The summed E-state index contributed by atoms with van der Waals surface area (Å²) in [6.07, 6.45) is 1.02. The monoisotopic (exact) mass is 221 g/mol. The van der Waals surface area contributed by atoms with E-state index in [9.17, 15) is 0 Å². The van der Waals surface area contributed by atoms with Crippen molar-refractivity contribution in [3.05, 3.63) is 0 Å². The summed E-state index contributed by atoms with van der Waals surface area (Å²) in [6, 6.07) is 0. The summed E-state index contributed by atoms with van der Waals surface area (Å²) in [5.41, 5.74) is 0.324. The molecule has 0 rings (SSSR count). The van der Waals surface area contributed by atoms with Gasteiger partial charge in [0.2, 0.25) is 0 Å². The molecule has 1 atom stereocenters. The third-order valence-electron chi connectivity index (χ3n) is 2.47. The number of hydrogen-bond acceptors (Lipinski definition) is 4. The summed E-state index contributed by atoms with van der Waals surface area (Å²) in [6.45, 7) is 3.14. The molecule has 0 aromatic carbocycles. The molecule has 0 saturated heterocycles. The first-order chi connectivity index (χ1) is 6.52. The topological polar surface area (TPSA) is 30.9 Å². The van der Waals surface area contributed by atoms with Gasteiger partial charge in [0, 0.05) is 26.9 Å². The quantitative estimate of drug-likeness (QED) is 0.605. The zero-order chi connectivity index (χ0) is 11.2. The van der Waals surface area contributed by atoms with E-state index < -0.39 is 8.80 Å². The van der Waals surface area contributed by atoms with Crippen molar-refractivity contribution >= 4 is 8.80 Å². The Morgan fingerprint density at radius 3 is 1.79 bits per heavy atom. The number of hydrogen-bond donors (Lipinski definition) is 0. The van der Waals surface area contributed by atoms with Gasteiger partial charge in [-0.25, -0.2) is 0 Å². The minimum atomic E-state index is -2.41. The summed E-state index contributed by atoms with van der Waals surface area (Å²) in [5, 5.41) is 0. The lowest BCUT2D eigenvalue weighted by Gasteiger charge is -2.30. The minimum Gasteiger partial charge on any atom is -0.377 e. The van der Waals surface area contributed by atoms with Crippen molar-refractivity contribution in [1.82, 2.24) is 4.90 Å². The van der Waals surface area contributed by atoms with Gasteiger partial charge in [-0.15, -0.1) is 0 Å². The summed E-state index contributed by atoms with van der Waals surface area (Å²) in [4.78, 5) is 2.15. The molecule has 0 aliphatic carbocycles. The van der Waals surface area contributed by atoms with Crippen LogP contribution in [0.2, 0.25) is 5.54 Å². The summed E-state index contributed by atoms with van der Waals surface area (Å²) in [7, 11) is 6.68. The first-order valence-electron chi connectivity index (χ1n) is 4.82. The lowest BCUT2D eigenvalue weighted by molar-refractivity contribution is 0.110. The average Bonchev–Trinajstić information content (AvgIpc) is 2.18. The van der Waals surface area contributed by atoms with Gasteiger partial charge in [-0.2, -0.15) is 0 Å². The van der Waals surface area contributed by atoms with E-state index in [0.717, 1.165) is 13.0 Å². The molecule has 0 aliphatic heterocycles. The first-order valence-corrected chi connectivity index (χ1v) is 6.62. The molecule has 0 saturated carbocycles. The predicted octanol–water partition coefficient (Wildman–Crippen LogP) is 1.21. The fraction of sp³-hybridized carbons (Fsp3) is 1.00. The van der Waals surface area contributed by atoms with Gasteiger partial charge in [-0.05, 0) is 27.1 Å². The molecule has 0 bridgehead atoms. The Balaban J connectivity index is 4.21. The Morgan fingerprint density at radius 2 is 1.50 bits per heavy atom. The normalized spacial score (nSPS) is 14.8. The highest BCUT2D eigenvalue weighted by Crippen LogP contribution is 2.26. The summed E-state index contributed by atoms with van der Waals surface area (Å²) >= 11 is 0. The van der Waals surface area contributed by atoms with Gasteiger partial charge in [0.25, 0.3) is 0 Å². The zero-order valence-corrected chi connectivity index (χ0v) is 11.2. The highest BCUT2D eigenvalue weighted by molar-refractivity contribution is 6.62. The molecule has 86 valence electrons. The SMILES string of the molecule is CO[Si](OC)(OC)C(C)CCN(C)C. The van der Waals surface area contributed by atoms with Crippen molar-refractivity contribution < 1.29 is 13.3 Å². The lowest BCUT2D eigenvalue weighted by Crippen LogP contribution is -2.47. The van der Waals surface area contributed by atoms with Crippen LogP contribution in [0, 0.1) is 0 Å². The Labute approximate surface area is 88.5 Å². The molecule has 0 aliphatic rings. The van der Waals surface area contributed by atoms with Crippen LogP contribution in [0.4, 0.5) is 0 Å². The first kappa shape index (κ1) is 14.1. The summed E-state index contributed by atoms with van der Waals surface area (Å²) in [5.74, 6) is 0. The van der Waals surface area contributed by atoms with Gasteiger partial charge < -0.3 is 18.2 Å². The Kier molecular flexibility index (Phi) is 6.55. The van der Waals surface area contributed by atoms with Crippen LogP contribution in [0.15, 0.2) is 0 Å². The van der Waals surface area contributed by atoms with E-state index in [0.29, 0.717) is 5.54 Å². The zero-order valence-electron chi connectivity index (χ0n) is 10.2. The molecule has 4 nitrogen and oxygen atoms in total. The van der Waals surface area contributed by atoms with E-state index in [1.807, 2.05) is 0 Å². The van der Waals surface area contributed by atoms with Crippen LogP contribution in [0.25, 0.3) is 0 Å². The molecule has 0 heterocycles. The van der Waals surface area contributed by atoms with Gasteiger partial charge in [-0.1, -0.05) is 6.92 Å². The van der Waals surface area contributed by atoms with Crippen LogP contribution in [-0.2, 0) is 13.3 Å². The molecule has 0 spiro atoms. The minimum absolute atomic E-state index is 0.324. The van der Waals surface area contributed by atoms with E-state index in [1.165, 1.54) is 0 Å². The second-order valence-electron chi connectivity index (χ2n) is 3.71. The van der Waals surface area contributed by atoms with Crippen LogP contribution >= 0.6 is 0 Å². The van der Waals surface area contributed by atoms with Crippen LogP contribution in [0.1, 0.15) is 13.3 Å². The van der Waals surface area contributed by atoms with E-state index in [4.69, 9.17) is 13.3 Å². The molecule has 1 unspecified atom stereocenters. The van der Waals surface area contributed by atoms with Crippen molar-refractivity contribution in [2.75, 3.05) is 42.0 Å². The van der Waals surface area contributed by atoms with Crippen LogP contribution < -0.4 is 0 Å². The van der Waals surface area contributed by atoms with Crippen LogP contribution in [0.3, 0.4) is 0 Å². The van der Waals surface area contributed by atoms with Crippen molar-refractivity contribution in [2.45, 2.75) is 18.9 Å². The van der Waals surface area contributed by atoms with Gasteiger partial charge >= 0.3 is 8.80 Å². The molecule has 0 fully saturated rings. The molecule has 0 aromatic heterocycles. The predicted molar refractivity (Wildman–Crippen MR) is 59.4 cm³/mol. The van der Waals surface area contributed by atoms with Crippen LogP contribution in [-0.4, -0.2) is 55.7 Å². The van der Waals surface area contributed by atoms with Gasteiger partial charge in [0.1, 0.15) is 0 Å². The maximum absolute atomic E-state index is 5.41. The Morgan fingerprint density at radius 1 is 1.07 bits per heavy atom. The van der Waals surface area contributed by atoms with Gasteiger partial charge in [0.05, 0.1) is 0 Å². The molecule has 0 amide bonds. The fourth-order valence-corrected chi connectivity index (χ4v) is 3.67. The molecule has 0 N–H and O–H groups in total. The van der Waals surface area contributed by atoms with Crippen molar-refractivity contribution in [2.24, 2.45) is 0 Å². The van der Waals surface area contributed by atoms with E-state index in [1.54, 1.807) is 21.3 Å².